The van der Waals surface area contributed by atoms with Crippen LogP contribution in [0, 0.1) is 0 Å². The Labute approximate surface area is 307 Å². The predicted octanol–water partition coefficient (Wildman–Crippen LogP) is 2.44. The SMILES string of the molecule is [N-]=[N+]=NCCCNC(=O)O[C@@H]1[C@@H]2OP(O)(=S)OC[C@H]3O[C@@H](n4cnc5c(N)ncnc54)[C@H](F)[C@@H]3OP(=O)(S)OC[C@H]2O[C@H]1n1cnc2c(N)ccnc21. The van der Waals surface area contributed by atoms with Crippen LogP contribution in [0.1, 0.15) is 18.9 Å². The molecule has 2 unspecified atom stereocenters. The predicted molar refractivity (Wildman–Crippen MR) is 186 cm³/mol. The molecule has 0 aromatic carbocycles. The molecule has 284 valence electrons. The van der Waals surface area contributed by atoms with Crippen LogP contribution in [-0.4, -0.2) is 108 Å². The number of nitrogens with one attached hydrogen (secondary N) is 1. The lowest BCUT2D eigenvalue weighted by Crippen LogP contribution is -2.42. The first kappa shape index (κ1) is 37.5. The maximum atomic E-state index is 16.2. The third kappa shape index (κ3) is 7.76. The van der Waals surface area contributed by atoms with Gasteiger partial charge in [-0.05, 0) is 29.8 Å². The number of anilines is 2. The Hall–Kier alpha value is -3.77. The first-order valence-electron chi connectivity index (χ1n) is 15.6. The molecule has 0 saturated carbocycles. The molecular weight excluding hydrogens is 787 g/mol. The van der Waals surface area contributed by atoms with Gasteiger partial charge in [-0.1, -0.05) is 17.4 Å². The number of hydrogen-bond acceptors (Lipinski definition) is 18. The number of amides is 1. The second-order valence-electron chi connectivity index (χ2n) is 11.7. The van der Waals surface area contributed by atoms with Crippen LogP contribution >= 0.6 is 25.8 Å². The summed E-state index contributed by atoms with van der Waals surface area (Å²) >= 11 is 9.45. The van der Waals surface area contributed by atoms with E-state index >= 15 is 4.39 Å². The first-order chi connectivity index (χ1) is 25.4. The number of carbonyl (C=O) groups is 1. The highest BCUT2D eigenvalue weighted by Crippen LogP contribution is 2.58. The summed E-state index contributed by atoms with van der Waals surface area (Å²) in [5, 5.41) is 5.95. The number of rotatable bonds is 7. The Morgan fingerprint density at radius 2 is 1.79 bits per heavy atom. The van der Waals surface area contributed by atoms with E-state index in [9.17, 15) is 14.3 Å². The van der Waals surface area contributed by atoms with Crippen molar-refractivity contribution in [3.05, 3.63) is 41.7 Å². The average molecular weight is 818 g/mol. The zero-order valence-corrected chi connectivity index (χ0v) is 30.4. The van der Waals surface area contributed by atoms with Crippen molar-refractivity contribution in [1.82, 2.24) is 39.4 Å². The second kappa shape index (κ2) is 15.2. The normalized spacial score (nSPS) is 33.3. The zero-order valence-electron chi connectivity index (χ0n) is 26.9. The standard InChI is InChI=1S/C25H30FN13O10P2S2/c26-14-17-12(45-23(14)38-10-35-16-20(28)32-8-33-22(16)38)6-43-51(42,53)49-18-13(7-44-50(41,52)48-17)46-24(19(18)47-25(40)31-3-1-4-36-37-29)39-9-34-15-11(27)2-5-30-21(15)39/h2,5,8-10,12-14,17-19,23-24H,1,3-4,6-7H2,(H2,27,30)(H,31,40)(H,41,52)(H,42,53)(H2,28,32,33)/t12-,13-,14-,17-,18-,19-,23-,24-,50?,51?/m1/s1. The highest BCUT2D eigenvalue weighted by atomic mass is 32.7. The molecule has 0 spiro atoms. The summed E-state index contributed by atoms with van der Waals surface area (Å²) < 4.78 is 73.3. The van der Waals surface area contributed by atoms with Crippen molar-refractivity contribution in [1.29, 1.82) is 0 Å². The number of fused-ring (bicyclic) bond motifs is 4. The molecule has 28 heteroatoms. The summed E-state index contributed by atoms with van der Waals surface area (Å²) in [7, 11) is 0. The molecule has 53 heavy (non-hydrogen) atoms. The number of alkyl carbamates (subject to hydrolysis) is 1. The fourth-order valence-electron chi connectivity index (χ4n) is 5.95. The Morgan fingerprint density at radius 1 is 1.09 bits per heavy atom. The number of nitrogens with zero attached hydrogens (tertiary/aromatic N) is 10. The Kier molecular flexibility index (Phi) is 10.7. The summed E-state index contributed by atoms with van der Waals surface area (Å²) in [4.78, 5) is 47.8. The van der Waals surface area contributed by atoms with Gasteiger partial charge in [-0.2, -0.15) is 0 Å². The number of aromatic nitrogens is 7. The van der Waals surface area contributed by atoms with E-state index in [1.165, 1.54) is 34.1 Å². The first-order valence-corrected chi connectivity index (χ1v) is 20.9. The Balaban J connectivity index is 1.18. The van der Waals surface area contributed by atoms with Gasteiger partial charge in [0.1, 0.15) is 41.8 Å². The fourth-order valence-corrected chi connectivity index (χ4v) is 8.87. The smallest absolute Gasteiger partial charge is 0.407 e. The fraction of sp³-hybridized carbons (Fsp3) is 0.520. The van der Waals surface area contributed by atoms with Crippen molar-refractivity contribution >= 4 is 77.5 Å². The number of alkyl halides is 1. The van der Waals surface area contributed by atoms with Crippen LogP contribution in [0.3, 0.4) is 0 Å². The lowest BCUT2D eigenvalue weighted by molar-refractivity contribution is -0.0573. The Morgan fingerprint density at radius 3 is 2.58 bits per heavy atom. The van der Waals surface area contributed by atoms with Gasteiger partial charge in [-0.3, -0.25) is 22.7 Å². The van der Waals surface area contributed by atoms with E-state index in [-0.39, 0.29) is 35.7 Å². The van der Waals surface area contributed by atoms with E-state index in [4.69, 9.17) is 61.1 Å². The molecule has 3 fully saturated rings. The van der Waals surface area contributed by atoms with Crippen LogP contribution in [0.4, 0.5) is 20.7 Å². The molecule has 3 aliphatic heterocycles. The molecule has 7 heterocycles. The number of imidazole rings is 2. The van der Waals surface area contributed by atoms with E-state index in [0.29, 0.717) is 17.6 Å². The number of hydrogen-bond donors (Lipinski definition) is 5. The number of halogens is 1. The molecule has 0 bridgehead atoms. The van der Waals surface area contributed by atoms with Crippen molar-refractivity contribution in [3.63, 3.8) is 0 Å². The van der Waals surface area contributed by atoms with Gasteiger partial charge in [0.15, 0.2) is 41.8 Å². The van der Waals surface area contributed by atoms with Crippen LogP contribution in [-0.2, 0) is 48.7 Å². The molecular formula is C25H30FN13O10P2S2. The summed E-state index contributed by atoms with van der Waals surface area (Å²) in [6, 6.07) is 1.53. The number of carbonyl (C=O) groups excluding carboxylic acids is 1. The minimum atomic E-state index is -4.45. The molecule has 0 radical (unpaired) electrons. The lowest BCUT2D eigenvalue weighted by Gasteiger charge is -2.30. The minimum absolute atomic E-state index is 0.0429. The highest BCUT2D eigenvalue weighted by molar-refractivity contribution is 8.44. The third-order valence-electron chi connectivity index (χ3n) is 8.30. The lowest BCUT2D eigenvalue weighted by atomic mass is 10.1. The quantitative estimate of drug-likeness (QED) is 0.0447. The van der Waals surface area contributed by atoms with Gasteiger partial charge in [0.25, 0.3) is 0 Å². The van der Waals surface area contributed by atoms with E-state index in [2.05, 4.69) is 52.5 Å². The summed E-state index contributed by atoms with van der Waals surface area (Å²) in [6.45, 7) is -9.88. The van der Waals surface area contributed by atoms with Crippen molar-refractivity contribution in [2.24, 2.45) is 5.11 Å². The van der Waals surface area contributed by atoms with E-state index in [1.807, 2.05) is 0 Å². The molecule has 4 aromatic heterocycles. The van der Waals surface area contributed by atoms with Gasteiger partial charge < -0.3 is 40.4 Å². The second-order valence-corrected chi connectivity index (χ2v) is 17.3. The summed E-state index contributed by atoms with van der Waals surface area (Å²) in [5.41, 5.74) is 21.6. The number of nitrogens with two attached hydrogens (primary N) is 2. The van der Waals surface area contributed by atoms with Gasteiger partial charge >= 0.3 is 19.6 Å². The highest BCUT2D eigenvalue weighted by Gasteiger charge is 2.55. The van der Waals surface area contributed by atoms with Crippen LogP contribution < -0.4 is 16.8 Å². The molecule has 10 atom stereocenters. The van der Waals surface area contributed by atoms with Crippen molar-refractivity contribution < 1.29 is 50.9 Å². The topological polar surface area (TPSA) is 306 Å². The zero-order chi connectivity index (χ0) is 37.5. The third-order valence-corrected chi connectivity index (χ3v) is 11.5. The summed E-state index contributed by atoms with van der Waals surface area (Å²) in [5.74, 6) is 0.0429. The molecule has 7 rings (SSSR count). The van der Waals surface area contributed by atoms with Crippen LogP contribution in [0.2, 0.25) is 0 Å². The minimum Gasteiger partial charge on any atom is -0.438 e. The molecule has 6 N–H and O–H groups in total. The van der Waals surface area contributed by atoms with Gasteiger partial charge in [0, 0.05) is 24.2 Å². The number of ether oxygens (including phenoxy) is 3. The van der Waals surface area contributed by atoms with Crippen molar-refractivity contribution in [3.8, 4) is 0 Å². The van der Waals surface area contributed by atoms with Crippen LogP contribution in [0.15, 0.2) is 36.4 Å². The largest absolute Gasteiger partial charge is 0.438 e. The van der Waals surface area contributed by atoms with Gasteiger partial charge in [0.05, 0.1) is 31.6 Å². The molecule has 3 saturated heterocycles. The van der Waals surface area contributed by atoms with Gasteiger partial charge in [-0.25, -0.2) is 38.7 Å². The van der Waals surface area contributed by atoms with Gasteiger partial charge in [-0.15, -0.1) is 0 Å². The van der Waals surface area contributed by atoms with Crippen LogP contribution in [0.5, 0.6) is 0 Å². The number of pyridine rings is 1. The maximum Gasteiger partial charge on any atom is 0.407 e. The van der Waals surface area contributed by atoms with Crippen LogP contribution in [0.25, 0.3) is 32.8 Å². The average Bonchev–Trinajstić information content (AvgIpc) is 3.88. The van der Waals surface area contributed by atoms with Gasteiger partial charge in [0.2, 0.25) is 0 Å². The molecule has 0 aliphatic carbocycles. The number of azide groups is 1. The number of thiol groups is 1. The number of nitrogen functional groups attached to an aromatic ring is 2. The van der Waals surface area contributed by atoms with E-state index in [0.717, 1.165) is 6.33 Å². The summed E-state index contributed by atoms with van der Waals surface area (Å²) in [6.07, 6.45) is -7.48. The molecule has 23 nitrogen and oxygen atoms in total. The maximum absolute atomic E-state index is 16.2. The molecule has 4 aromatic rings. The van der Waals surface area contributed by atoms with Crippen molar-refractivity contribution in [2.75, 3.05) is 37.8 Å². The van der Waals surface area contributed by atoms with E-state index in [1.54, 1.807) is 0 Å². The van der Waals surface area contributed by atoms with Crippen molar-refractivity contribution in [2.45, 2.75) is 55.6 Å². The molecule has 1 amide bonds. The monoisotopic (exact) mass is 817 g/mol. The Bertz CT molecular complexity index is 2160. The molecule has 3 aliphatic rings. The van der Waals surface area contributed by atoms with E-state index < -0.39 is 82.0 Å².